The Balaban J connectivity index is 2.22. The molecule has 1 saturated heterocycles. The van der Waals surface area contributed by atoms with Crippen LogP contribution in [0.15, 0.2) is 12.5 Å². The zero-order chi connectivity index (χ0) is 19.2. The fourth-order valence-electron chi connectivity index (χ4n) is 3.01. The number of hydrogen-bond acceptors (Lipinski definition) is 8. The van der Waals surface area contributed by atoms with Gasteiger partial charge in [0.2, 0.25) is 5.91 Å². The lowest BCUT2D eigenvalue weighted by atomic mass is 9.98. The molecule has 1 aliphatic heterocycles. The van der Waals surface area contributed by atoms with Crippen LogP contribution in [0, 0.1) is 10.1 Å². The van der Waals surface area contributed by atoms with Crippen LogP contribution in [0.5, 0.6) is 0 Å². The van der Waals surface area contributed by atoms with Gasteiger partial charge in [0.15, 0.2) is 23.4 Å². The van der Waals surface area contributed by atoms with Crippen molar-refractivity contribution < 1.29 is 29.1 Å². The van der Waals surface area contributed by atoms with Crippen LogP contribution >= 0.6 is 0 Å². The summed E-state index contributed by atoms with van der Waals surface area (Å²) in [6, 6.07) is 0. The first kappa shape index (κ1) is 18.1. The second-order valence-electron chi connectivity index (χ2n) is 6.09. The molecule has 1 fully saturated rings. The Kier molecular flexibility index (Phi) is 4.34. The molecule has 140 valence electrons. The standard InChI is InChI=1S/C14H16FN5O6/c1-6(22)18-11-9-7(20(24)25)3-19(12(9)17-5-16-11)13-14(2,15)10(23)8(4-21)26-13/h3,5,8,10,13,21,23H,4H2,1-2H3,(H,16,17,18,22)/t8-,10-,13-,14-/m1/s1. The monoisotopic (exact) mass is 369 g/mol. The van der Waals surface area contributed by atoms with E-state index in [1.165, 1.54) is 6.92 Å². The fourth-order valence-corrected chi connectivity index (χ4v) is 3.01. The largest absolute Gasteiger partial charge is 0.394 e. The molecule has 0 saturated carbocycles. The highest BCUT2D eigenvalue weighted by Gasteiger charge is 2.55. The average Bonchev–Trinajstić information content (AvgIpc) is 3.04. The van der Waals surface area contributed by atoms with E-state index < -0.39 is 47.2 Å². The molecule has 1 amide bonds. The van der Waals surface area contributed by atoms with Gasteiger partial charge >= 0.3 is 0 Å². The lowest BCUT2D eigenvalue weighted by molar-refractivity contribution is -0.383. The average molecular weight is 369 g/mol. The molecule has 0 aromatic carbocycles. The van der Waals surface area contributed by atoms with Crippen LogP contribution in [-0.4, -0.2) is 60.1 Å². The van der Waals surface area contributed by atoms with Crippen LogP contribution in [-0.2, 0) is 9.53 Å². The fraction of sp³-hybridized carbons (Fsp3) is 0.500. The number of aliphatic hydroxyl groups excluding tert-OH is 2. The van der Waals surface area contributed by atoms with E-state index in [-0.39, 0.29) is 16.9 Å². The second-order valence-corrected chi connectivity index (χ2v) is 6.09. The summed E-state index contributed by atoms with van der Waals surface area (Å²) in [5, 5.41) is 32.9. The molecule has 1 aliphatic rings. The molecule has 2 aromatic rings. The molecule has 2 aromatic heterocycles. The molecule has 12 heteroatoms. The minimum absolute atomic E-state index is 0.0601. The van der Waals surface area contributed by atoms with E-state index in [0.29, 0.717) is 0 Å². The molecule has 0 radical (unpaired) electrons. The van der Waals surface area contributed by atoms with Gasteiger partial charge in [0.1, 0.15) is 23.9 Å². The zero-order valence-electron chi connectivity index (χ0n) is 13.8. The smallest absolute Gasteiger partial charge is 0.300 e. The highest BCUT2D eigenvalue weighted by molar-refractivity contribution is 6.02. The van der Waals surface area contributed by atoms with Crippen molar-refractivity contribution >= 4 is 28.4 Å². The normalized spacial score (nSPS) is 28.4. The summed E-state index contributed by atoms with van der Waals surface area (Å²) >= 11 is 0. The summed E-state index contributed by atoms with van der Waals surface area (Å²) in [5.74, 6) is -0.610. The van der Waals surface area contributed by atoms with E-state index in [4.69, 9.17) is 4.74 Å². The van der Waals surface area contributed by atoms with Crippen molar-refractivity contribution in [2.75, 3.05) is 11.9 Å². The number of nitro groups is 1. The number of fused-ring (bicyclic) bond motifs is 1. The van der Waals surface area contributed by atoms with Crippen LogP contribution in [0.4, 0.5) is 15.9 Å². The number of nitrogens with zero attached hydrogens (tertiary/aromatic N) is 4. The van der Waals surface area contributed by atoms with E-state index in [1.54, 1.807) is 0 Å². The molecule has 4 atom stereocenters. The van der Waals surface area contributed by atoms with Gasteiger partial charge in [-0.25, -0.2) is 14.4 Å². The SMILES string of the molecule is CC(=O)Nc1ncnc2c1c([N+](=O)[O-])cn2[C@@H]1O[C@H](CO)[C@@H](O)[C@@]1(C)F. The highest BCUT2D eigenvalue weighted by atomic mass is 19.1. The van der Waals surface area contributed by atoms with Crippen molar-refractivity contribution in [3.63, 3.8) is 0 Å². The molecule has 3 rings (SSSR count). The molecule has 0 aliphatic carbocycles. The van der Waals surface area contributed by atoms with E-state index in [1.807, 2.05) is 0 Å². The number of aromatic nitrogens is 3. The number of anilines is 1. The van der Waals surface area contributed by atoms with Gasteiger partial charge in [0.25, 0.3) is 5.69 Å². The number of hydrogen-bond donors (Lipinski definition) is 3. The molecule has 0 unspecified atom stereocenters. The Hall–Kier alpha value is -2.70. The van der Waals surface area contributed by atoms with Gasteiger partial charge in [-0.3, -0.25) is 19.5 Å². The lowest BCUT2D eigenvalue weighted by Gasteiger charge is -2.24. The Bertz CT molecular complexity index is 884. The molecule has 3 heterocycles. The van der Waals surface area contributed by atoms with Gasteiger partial charge in [-0.15, -0.1) is 0 Å². The molecule has 0 bridgehead atoms. The molecule has 11 nitrogen and oxygen atoms in total. The number of aliphatic hydroxyl groups is 2. The maximum Gasteiger partial charge on any atom is 0.300 e. The topological polar surface area (TPSA) is 153 Å². The van der Waals surface area contributed by atoms with Gasteiger partial charge < -0.3 is 20.3 Å². The summed E-state index contributed by atoms with van der Waals surface area (Å²) in [6.07, 6.45) is -2.28. The number of alkyl halides is 1. The maximum absolute atomic E-state index is 15.1. The lowest BCUT2D eigenvalue weighted by Crippen LogP contribution is -2.40. The van der Waals surface area contributed by atoms with Crippen LogP contribution in [0.3, 0.4) is 0 Å². The predicted molar refractivity (Wildman–Crippen MR) is 85.0 cm³/mol. The summed E-state index contributed by atoms with van der Waals surface area (Å²) in [4.78, 5) is 29.8. The number of carbonyl (C=O) groups excluding carboxylic acids is 1. The maximum atomic E-state index is 15.1. The van der Waals surface area contributed by atoms with Crippen LogP contribution in [0.2, 0.25) is 0 Å². The first-order valence-electron chi connectivity index (χ1n) is 7.59. The Morgan fingerprint density at radius 2 is 2.27 bits per heavy atom. The molecular weight excluding hydrogens is 353 g/mol. The summed E-state index contributed by atoms with van der Waals surface area (Å²) in [5.41, 5.74) is -2.88. The van der Waals surface area contributed by atoms with Crippen LogP contribution < -0.4 is 5.32 Å². The first-order valence-corrected chi connectivity index (χ1v) is 7.59. The third-order valence-corrected chi connectivity index (χ3v) is 4.23. The third kappa shape index (κ3) is 2.67. The highest BCUT2D eigenvalue weighted by Crippen LogP contribution is 2.44. The Morgan fingerprint density at radius 3 is 2.81 bits per heavy atom. The van der Waals surface area contributed by atoms with Crippen LogP contribution in [0.1, 0.15) is 20.1 Å². The minimum Gasteiger partial charge on any atom is -0.394 e. The number of rotatable bonds is 4. The molecule has 26 heavy (non-hydrogen) atoms. The van der Waals surface area contributed by atoms with Crippen molar-refractivity contribution in [3.05, 3.63) is 22.6 Å². The summed E-state index contributed by atoms with van der Waals surface area (Å²) in [6.45, 7) is 1.63. The number of ether oxygens (including phenoxy) is 1. The number of halogens is 1. The first-order chi connectivity index (χ1) is 12.2. The van der Waals surface area contributed by atoms with E-state index in [2.05, 4.69) is 15.3 Å². The van der Waals surface area contributed by atoms with E-state index in [0.717, 1.165) is 24.0 Å². The van der Waals surface area contributed by atoms with Gasteiger partial charge in [0.05, 0.1) is 17.7 Å². The van der Waals surface area contributed by atoms with Crippen molar-refractivity contribution in [2.45, 2.75) is 38.0 Å². The van der Waals surface area contributed by atoms with Crippen molar-refractivity contribution in [1.82, 2.24) is 14.5 Å². The summed E-state index contributed by atoms with van der Waals surface area (Å²) < 4.78 is 21.5. The van der Waals surface area contributed by atoms with Gasteiger partial charge in [-0.1, -0.05) is 0 Å². The minimum atomic E-state index is -2.35. The van der Waals surface area contributed by atoms with Crippen molar-refractivity contribution in [1.29, 1.82) is 0 Å². The van der Waals surface area contributed by atoms with Gasteiger partial charge in [-0.05, 0) is 6.92 Å². The zero-order valence-corrected chi connectivity index (χ0v) is 13.8. The van der Waals surface area contributed by atoms with E-state index >= 15 is 4.39 Å². The summed E-state index contributed by atoms with van der Waals surface area (Å²) in [7, 11) is 0. The third-order valence-electron chi connectivity index (χ3n) is 4.23. The Labute approximate surface area is 145 Å². The predicted octanol–water partition coefficient (Wildman–Crippen LogP) is 0.277. The van der Waals surface area contributed by atoms with Gasteiger partial charge in [-0.2, -0.15) is 0 Å². The van der Waals surface area contributed by atoms with Crippen LogP contribution in [0.25, 0.3) is 11.0 Å². The Morgan fingerprint density at radius 1 is 1.58 bits per heavy atom. The molecule has 0 spiro atoms. The molecule has 3 N–H and O–H groups in total. The quantitative estimate of drug-likeness (QED) is 0.513. The van der Waals surface area contributed by atoms with Crippen molar-refractivity contribution in [2.24, 2.45) is 0 Å². The molecular formula is C14H16FN5O6. The number of nitrogens with one attached hydrogen (secondary N) is 1. The van der Waals surface area contributed by atoms with E-state index in [9.17, 15) is 25.1 Å². The number of amides is 1. The van der Waals surface area contributed by atoms with Crippen molar-refractivity contribution in [3.8, 4) is 0 Å². The second kappa shape index (κ2) is 6.23. The van der Waals surface area contributed by atoms with Gasteiger partial charge in [0, 0.05) is 6.92 Å². The number of carbonyl (C=O) groups is 1.